The van der Waals surface area contributed by atoms with Crippen LogP contribution in [0.25, 0.3) is 82.1 Å². The van der Waals surface area contributed by atoms with Crippen molar-refractivity contribution >= 4 is 54.1 Å². The van der Waals surface area contributed by atoms with E-state index >= 15 is 0 Å². The second-order valence-corrected chi connectivity index (χ2v) is 13.3. The minimum Gasteiger partial charge on any atom is -0.308 e. The Morgan fingerprint density at radius 1 is 0.457 bits per heavy atom. The van der Waals surface area contributed by atoms with Gasteiger partial charge >= 0.3 is 0 Å². The van der Waals surface area contributed by atoms with Crippen LogP contribution in [0.1, 0.15) is 25.0 Å². The number of benzene rings is 8. The zero-order valence-electron chi connectivity index (χ0n) is 25.9. The van der Waals surface area contributed by atoms with E-state index in [1.807, 2.05) is 0 Å². The van der Waals surface area contributed by atoms with Crippen LogP contribution >= 0.6 is 0 Å². The van der Waals surface area contributed by atoms with Crippen molar-refractivity contribution in [2.45, 2.75) is 19.3 Å². The van der Waals surface area contributed by atoms with Crippen LogP contribution in [-0.2, 0) is 5.41 Å². The van der Waals surface area contributed by atoms with E-state index in [-0.39, 0.29) is 5.41 Å². The van der Waals surface area contributed by atoms with Gasteiger partial charge in [0.1, 0.15) is 0 Å². The SMILES string of the molecule is CC1(C)c2ccccc2-c2ccc3c(c21)c1ccccc1n3-c1c2ccccc2c(-c2ccc3ccccc3c2)c2ccccc12. The maximum absolute atomic E-state index is 2.55. The van der Waals surface area contributed by atoms with Gasteiger partial charge in [0.2, 0.25) is 0 Å². The van der Waals surface area contributed by atoms with Gasteiger partial charge in [-0.15, -0.1) is 0 Å². The highest BCUT2D eigenvalue weighted by Gasteiger charge is 2.38. The van der Waals surface area contributed by atoms with E-state index < -0.39 is 0 Å². The Morgan fingerprint density at radius 3 is 1.83 bits per heavy atom. The average molecular weight is 586 g/mol. The van der Waals surface area contributed by atoms with Gasteiger partial charge in [0.05, 0.1) is 16.7 Å². The normalized spacial score (nSPS) is 13.6. The lowest BCUT2D eigenvalue weighted by Gasteiger charge is -2.23. The summed E-state index contributed by atoms with van der Waals surface area (Å²) in [4.78, 5) is 0. The van der Waals surface area contributed by atoms with Crippen molar-refractivity contribution in [2.75, 3.05) is 0 Å². The van der Waals surface area contributed by atoms with Crippen LogP contribution in [0, 0.1) is 0 Å². The summed E-state index contributed by atoms with van der Waals surface area (Å²) in [6.07, 6.45) is 0. The Morgan fingerprint density at radius 2 is 1.07 bits per heavy atom. The Bertz CT molecular complexity index is 2660. The van der Waals surface area contributed by atoms with Crippen LogP contribution < -0.4 is 0 Å². The third-order valence-corrected chi connectivity index (χ3v) is 10.5. The molecular weight excluding hydrogens is 555 g/mol. The van der Waals surface area contributed by atoms with Gasteiger partial charge in [0, 0.05) is 27.0 Å². The maximum Gasteiger partial charge on any atom is 0.0619 e. The van der Waals surface area contributed by atoms with E-state index in [4.69, 9.17) is 0 Å². The van der Waals surface area contributed by atoms with Crippen molar-refractivity contribution in [1.82, 2.24) is 4.57 Å². The Balaban J connectivity index is 1.37. The topological polar surface area (TPSA) is 4.93 Å². The second-order valence-electron chi connectivity index (χ2n) is 13.3. The molecule has 0 aliphatic heterocycles. The maximum atomic E-state index is 2.55. The number of fused-ring (bicyclic) bond motifs is 10. The molecule has 0 radical (unpaired) electrons. The Labute approximate surface area is 268 Å². The molecular formula is C45H31N. The summed E-state index contributed by atoms with van der Waals surface area (Å²) in [6, 6.07) is 56.3. The van der Waals surface area contributed by atoms with Gasteiger partial charge in [-0.25, -0.2) is 0 Å². The van der Waals surface area contributed by atoms with Crippen molar-refractivity contribution in [2.24, 2.45) is 0 Å². The quantitative estimate of drug-likeness (QED) is 0.178. The second kappa shape index (κ2) is 9.19. The highest BCUT2D eigenvalue weighted by atomic mass is 15.0. The molecule has 10 rings (SSSR count). The number of rotatable bonds is 2. The van der Waals surface area contributed by atoms with Crippen LogP contribution in [0.15, 0.2) is 152 Å². The molecule has 0 spiro atoms. The molecule has 0 fully saturated rings. The fourth-order valence-electron chi connectivity index (χ4n) is 8.57. The molecule has 0 saturated heterocycles. The summed E-state index contributed by atoms with van der Waals surface area (Å²) in [6.45, 7) is 4.79. The number of para-hydroxylation sites is 1. The van der Waals surface area contributed by atoms with Crippen molar-refractivity contribution in [1.29, 1.82) is 0 Å². The third kappa shape index (κ3) is 3.30. The summed E-state index contributed by atoms with van der Waals surface area (Å²) >= 11 is 0. The molecule has 0 atom stereocenters. The number of aromatic nitrogens is 1. The van der Waals surface area contributed by atoms with E-state index in [1.165, 1.54) is 93.2 Å². The molecule has 8 aromatic carbocycles. The predicted molar refractivity (Wildman–Crippen MR) is 196 cm³/mol. The van der Waals surface area contributed by atoms with Crippen LogP contribution in [-0.4, -0.2) is 4.57 Å². The zero-order chi connectivity index (χ0) is 30.6. The molecule has 0 N–H and O–H groups in total. The van der Waals surface area contributed by atoms with Crippen molar-refractivity contribution < 1.29 is 0 Å². The molecule has 0 amide bonds. The van der Waals surface area contributed by atoms with Gasteiger partial charge in [-0.3, -0.25) is 0 Å². The van der Waals surface area contributed by atoms with Gasteiger partial charge in [-0.05, 0) is 73.1 Å². The Hall–Kier alpha value is -5.66. The highest BCUT2D eigenvalue weighted by molar-refractivity contribution is 6.22. The van der Waals surface area contributed by atoms with E-state index in [0.717, 1.165) is 0 Å². The van der Waals surface area contributed by atoms with Gasteiger partial charge in [-0.2, -0.15) is 0 Å². The minimum absolute atomic E-state index is 0.107. The number of nitrogens with zero attached hydrogens (tertiary/aromatic N) is 1. The monoisotopic (exact) mass is 585 g/mol. The van der Waals surface area contributed by atoms with Crippen LogP contribution in [0.4, 0.5) is 0 Å². The zero-order valence-corrected chi connectivity index (χ0v) is 25.9. The first kappa shape index (κ1) is 25.6. The molecule has 1 heteroatoms. The number of hydrogen-bond donors (Lipinski definition) is 0. The van der Waals surface area contributed by atoms with Crippen molar-refractivity contribution in [3.63, 3.8) is 0 Å². The van der Waals surface area contributed by atoms with Crippen molar-refractivity contribution in [3.05, 3.63) is 163 Å². The lowest BCUT2D eigenvalue weighted by molar-refractivity contribution is 0.666. The predicted octanol–water partition coefficient (Wildman–Crippen LogP) is 12.2. The largest absolute Gasteiger partial charge is 0.308 e. The highest BCUT2D eigenvalue weighted by Crippen LogP contribution is 2.54. The Kier molecular flexibility index (Phi) is 5.12. The van der Waals surface area contributed by atoms with Gasteiger partial charge < -0.3 is 4.57 Å². The van der Waals surface area contributed by atoms with Crippen molar-refractivity contribution in [3.8, 4) is 27.9 Å². The smallest absolute Gasteiger partial charge is 0.0619 e. The first-order valence-electron chi connectivity index (χ1n) is 16.2. The van der Waals surface area contributed by atoms with Crippen LogP contribution in [0.5, 0.6) is 0 Å². The summed E-state index contributed by atoms with van der Waals surface area (Å²) < 4.78 is 2.55. The molecule has 1 heterocycles. The molecule has 1 nitrogen and oxygen atoms in total. The van der Waals surface area contributed by atoms with E-state index in [9.17, 15) is 0 Å². The molecule has 1 aromatic heterocycles. The third-order valence-electron chi connectivity index (χ3n) is 10.5. The molecule has 216 valence electrons. The van der Waals surface area contributed by atoms with E-state index in [2.05, 4.69) is 170 Å². The fraction of sp³-hybridized carbons (Fsp3) is 0.0667. The molecule has 0 bridgehead atoms. The van der Waals surface area contributed by atoms with Crippen LogP contribution in [0.2, 0.25) is 0 Å². The fourth-order valence-corrected chi connectivity index (χ4v) is 8.57. The summed E-state index contributed by atoms with van der Waals surface area (Å²) in [7, 11) is 0. The van der Waals surface area contributed by atoms with E-state index in [0.29, 0.717) is 0 Å². The molecule has 0 unspecified atom stereocenters. The number of hydrogen-bond acceptors (Lipinski definition) is 0. The average Bonchev–Trinajstić information content (AvgIpc) is 3.55. The molecule has 9 aromatic rings. The summed E-state index contributed by atoms with van der Waals surface area (Å²) in [5.74, 6) is 0. The van der Waals surface area contributed by atoms with E-state index in [1.54, 1.807) is 0 Å². The van der Waals surface area contributed by atoms with Gasteiger partial charge in [0.25, 0.3) is 0 Å². The lowest BCUT2D eigenvalue weighted by atomic mass is 9.80. The molecule has 1 aliphatic rings. The van der Waals surface area contributed by atoms with Crippen LogP contribution in [0.3, 0.4) is 0 Å². The minimum atomic E-state index is -0.107. The summed E-state index contributed by atoms with van der Waals surface area (Å²) in [5, 5.41) is 10.3. The molecule has 46 heavy (non-hydrogen) atoms. The molecule has 1 aliphatic carbocycles. The molecule has 0 saturated carbocycles. The van der Waals surface area contributed by atoms with Gasteiger partial charge in [0.15, 0.2) is 0 Å². The first-order valence-corrected chi connectivity index (χ1v) is 16.2. The summed E-state index contributed by atoms with van der Waals surface area (Å²) in [5.41, 5.74) is 11.7. The lowest BCUT2D eigenvalue weighted by Crippen LogP contribution is -2.15. The standard InChI is InChI=1S/C45H31N/c1-45(2)38-21-11-9-15-31(38)34-25-26-40-42(43(34)45)37-20-10-12-22-39(37)46(40)44-35-18-7-5-16-32(35)41(33-17-6-8-19-36(33)44)30-24-23-28-13-3-4-14-29(28)27-30/h3-27H,1-2H3. The first-order chi connectivity index (χ1) is 22.6. The van der Waals surface area contributed by atoms with Gasteiger partial charge in [-0.1, -0.05) is 147 Å².